The molecule has 1 heterocycles. The molecule has 1 atom stereocenters. The fourth-order valence-corrected chi connectivity index (χ4v) is 1.40. The Morgan fingerprint density at radius 1 is 1.50 bits per heavy atom. The maximum atomic E-state index is 11.6. The highest BCUT2D eigenvalue weighted by Crippen LogP contribution is 2.12. The molecule has 1 rings (SSSR count). The van der Waals surface area contributed by atoms with E-state index in [1.807, 2.05) is 0 Å². The highest BCUT2D eigenvalue weighted by molar-refractivity contribution is 5.81. The van der Waals surface area contributed by atoms with Gasteiger partial charge in [-0.05, 0) is 20.8 Å². The number of oxazole rings is 1. The molecule has 1 N–H and O–H groups in total. The van der Waals surface area contributed by atoms with Crippen molar-refractivity contribution >= 4 is 11.9 Å². The fraction of sp³-hybridized carbons (Fsp3) is 0.583. The van der Waals surface area contributed by atoms with Gasteiger partial charge in [0.1, 0.15) is 11.8 Å². The van der Waals surface area contributed by atoms with Crippen molar-refractivity contribution in [2.24, 2.45) is 0 Å². The van der Waals surface area contributed by atoms with Crippen molar-refractivity contribution in [2.75, 3.05) is 6.61 Å². The van der Waals surface area contributed by atoms with Gasteiger partial charge in [0, 0.05) is 6.42 Å². The van der Waals surface area contributed by atoms with E-state index < -0.39 is 0 Å². The van der Waals surface area contributed by atoms with Gasteiger partial charge in [0.2, 0.25) is 11.8 Å². The second-order valence-electron chi connectivity index (χ2n) is 3.90. The van der Waals surface area contributed by atoms with E-state index in [9.17, 15) is 9.59 Å². The molecule has 6 nitrogen and oxygen atoms in total. The smallest absolute Gasteiger partial charge is 0.306 e. The number of aryl methyl sites for hydroxylation is 1. The summed E-state index contributed by atoms with van der Waals surface area (Å²) in [6.07, 6.45) is 1.77. The minimum Gasteiger partial charge on any atom is -0.466 e. The van der Waals surface area contributed by atoms with Crippen molar-refractivity contribution < 1.29 is 18.7 Å². The lowest BCUT2D eigenvalue weighted by atomic mass is 10.2. The predicted molar refractivity (Wildman–Crippen MR) is 63.7 cm³/mol. The molecule has 0 saturated carbocycles. The lowest BCUT2D eigenvalue weighted by molar-refractivity contribution is -0.144. The summed E-state index contributed by atoms with van der Waals surface area (Å²) in [5.74, 6) is 0.549. The number of carbonyl (C=O) groups excluding carboxylic acids is 2. The Labute approximate surface area is 106 Å². The molecule has 1 amide bonds. The average Bonchev–Trinajstić information content (AvgIpc) is 2.74. The maximum absolute atomic E-state index is 11.6. The molecule has 0 aliphatic carbocycles. The normalized spacial score (nSPS) is 11.9. The van der Waals surface area contributed by atoms with Gasteiger partial charge in [-0.3, -0.25) is 9.59 Å². The number of hydrogen-bond donors (Lipinski definition) is 1. The van der Waals surface area contributed by atoms with Crippen LogP contribution in [-0.2, 0) is 14.3 Å². The molecule has 6 heteroatoms. The van der Waals surface area contributed by atoms with E-state index in [2.05, 4.69) is 10.3 Å². The third kappa shape index (κ3) is 4.57. The number of nitrogens with one attached hydrogen (secondary N) is 1. The van der Waals surface area contributed by atoms with Crippen LogP contribution in [0.4, 0.5) is 0 Å². The van der Waals surface area contributed by atoms with Crippen molar-refractivity contribution in [2.45, 2.75) is 39.7 Å². The first-order valence-corrected chi connectivity index (χ1v) is 5.90. The van der Waals surface area contributed by atoms with Crippen LogP contribution >= 0.6 is 0 Å². The summed E-state index contributed by atoms with van der Waals surface area (Å²) in [5, 5.41) is 2.70. The third-order valence-corrected chi connectivity index (χ3v) is 2.25. The first-order chi connectivity index (χ1) is 8.52. The van der Waals surface area contributed by atoms with Gasteiger partial charge in [-0.1, -0.05) is 0 Å². The first-order valence-electron chi connectivity index (χ1n) is 5.90. The van der Waals surface area contributed by atoms with Crippen LogP contribution in [0.15, 0.2) is 10.6 Å². The van der Waals surface area contributed by atoms with E-state index in [4.69, 9.17) is 9.15 Å². The highest BCUT2D eigenvalue weighted by atomic mass is 16.5. The summed E-state index contributed by atoms with van der Waals surface area (Å²) in [5.41, 5.74) is 0. The van der Waals surface area contributed by atoms with Crippen LogP contribution in [-0.4, -0.2) is 23.5 Å². The Morgan fingerprint density at radius 2 is 2.22 bits per heavy atom. The van der Waals surface area contributed by atoms with E-state index in [1.54, 1.807) is 27.0 Å². The van der Waals surface area contributed by atoms with Crippen molar-refractivity contribution in [1.29, 1.82) is 0 Å². The molecule has 0 aromatic carbocycles. The number of aromatic nitrogens is 1. The molecule has 1 unspecified atom stereocenters. The molecule has 18 heavy (non-hydrogen) atoms. The molecule has 1 aromatic heterocycles. The Morgan fingerprint density at radius 3 is 2.78 bits per heavy atom. The van der Waals surface area contributed by atoms with Gasteiger partial charge in [-0.25, -0.2) is 4.98 Å². The van der Waals surface area contributed by atoms with Crippen molar-refractivity contribution in [1.82, 2.24) is 10.3 Å². The molecule has 0 saturated heterocycles. The van der Waals surface area contributed by atoms with E-state index in [-0.39, 0.29) is 30.8 Å². The van der Waals surface area contributed by atoms with Crippen LogP contribution in [0.25, 0.3) is 0 Å². The average molecular weight is 254 g/mol. The van der Waals surface area contributed by atoms with Gasteiger partial charge in [0.05, 0.1) is 19.2 Å². The van der Waals surface area contributed by atoms with Gasteiger partial charge in [0.25, 0.3) is 0 Å². The lowest BCUT2D eigenvalue weighted by Crippen LogP contribution is -2.27. The Hall–Kier alpha value is -1.85. The minimum absolute atomic E-state index is 0.0804. The number of carbonyl (C=O) groups is 2. The number of esters is 1. The summed E-state index contributed by atoms with van der Waals surface area (Å²) in [7, 11) is 0. The number of ether oxygens (including phenoxy) is 1. The van der Waals surface area contributed by atoms with Crippen LogP contribution in [0.3, 0.4) is 0 Å². The third-order valence-electron chi connectivity index (χ3n) is 2.25. The molecule has 100 valence electrons. The summed E-state index contributed by atoms with van der Waals surface area (Å²) in [4.78, 5) is 26.6. The first kappa shape index (κ1) is 14.2. The van der Waals surface area contributed by atoms with Gasteiger partial charge in [0.15, 0.2) is 0 Å². The van der Waals surface area contributed by atoms with E-state index in [0.29, 0.717) is 18.3 Å². The zero-order chi connectivity index (χ0) is 13.5. The summed E-state index contributed by atoms with van der Waals surface area (Å²) < 4.78 is 10.0. The molecule has 0 bridgehead atoms. The van der Waals surface area contributed by atoms with Crippen molar-refractivity contribution in [3.8, 4) is 0 Å². The number of amides is 1. The van der Waals surface area contributed by atoms with Crippen LogP contribution in [0.2, 0.25) is 0 Å². The maximum Gasteiger partial charge on any atom is 0.306 e. The second kappa shape index (κ2) is 6.78. The van der Waals surface area contributed by atoms with Crippen LogP contribution in [0.5, 0.6) is 0 Å². The quantitative estimate of drug-likeness (QED) is 0.778. The molecule has 0 aliphatic heterocycles. The van der Waals surface area contributed by atoms with E-state index in [1.165, 1.54) is 0 Å². The van der Waals surface area contributed by atoms with E-state index >= 15 is 0 Å². The van der Waals surface area contributed by atoms with Gasteiger partial charge in [-0.2, -0.15) is 0 Å². The predicted octanol–water partition coefficient (Wildman–Crippen LogP) is 1.50. The van der Waals surface area contributed by atoms with Crippen molar-refractivity contribution in [3.05, 3.63) is 17.8 Å². The second-order valence-corrected chi connectivity index (χ2v) is 3.90. The topological polar surface area (TPSA) is 81.4 Å². The molecule has 0 fully saturated rings. The zero-order valence-corrected chi connectivity index (χ0v) is 10.9. The monoisotopic (exact) mass is 254 g/mol. The van der Waals surface area contributed by atoms with Gasteiger partial charge in [-0.15, -0.1) is 0 Å². The Balaban J connectivity index is 2.34. The van der Waals surface area contributed by atoms with Crippen LogP contribution in [0, 0.1) is 6.92 Å². The standard InChI is InChI=1S/C12H18N2O4/c1-4-17-11(16)6-5-10(15)14-9(3)12-13-7-8(2)18-12/h7,9H,4-6H2,1-3H3,(H,14,15). The number of hydrogen-bond acceptors (Lipinski definition) is 5. The Bertz CT molecular complexity index is 414. The van der Waals surface area contributed by atoms with Crippen LogP contribution < -0.4 is 5.32 Å². The number of nitrogens with zero attached hydrogens (tertiary/aromatic N) is 1. The summed E-state index contributed by atoms with van der Waals surface area (Å²) >= 11 is 0. The van der Waals surface area contributed by atoms with Gasteiger partial charge < -0.3 is 14.5 Å². The number of rotatable bonds is 6. The van der Waals surface area contributed by atoms with Gasteiger partial charge >= 0.3 is 5.97 Å². The zero-order valence-electron chi connectivity index (χ0n) is 10.9. The highest BCUT2D eigenvalue weighted by Gasteiger charge is 2.15. The summed E-state index contributed by atoms with van der Waals surface area (Å²) in [6.45, 7) is 5.61. The summed E-state index contributed by atoms with van der Waals surface area (Å²) in [6, 6.07) is -0.312. The molecular weight excluding hydrogens is 236 g/mol. The SMILES string of the molecule is CCOC(=O)CCC(=O)NC(C)c1ncc(C)o1. The molecular formula is C12H18N2O4. The molecule has 0 radical (unpaired) electrons. The minimum atomic E-state index is -0.368. The fourth-order valence-electron chi connectivity index (χ4n) is 1.40. The van der Waals surface area contributed by atoms with E-state index in [0.717, 1.165) is 0 Å². The lowest BCUT2D eigenvalue weighted by Gasteiger charge is -2.10. The Kier molecular flexibility index (Phi) is 5.35. The molecule has 1 aromatic rings. The largest absolute Gasteiger partial charge is 0.466 e. The molecule has 0 spiro atoms. The van der Waals surface area contributed by atoms with Crippen LogP contribution in [0.1, 0.15) is 44.4 Å². The van der Waals surface area contributed by atoms with Crippen molar-refractivity contribution in [3.63, 3.8) is 0 Å². The molecule has 0 aliphatic rings.